The Hall–Kier alpha value is -0.870. The van der Waals surface area contributed by atoms with Gasteiger partial charge in [0.2, 0.25) is 0 Å². The highest BCUT2D eigenvalue weighted by atomic mass is 79.9. The monoisotopic (exact) mass is 378 g/mol. The predicted octanol–water partition coefficient (Wildman–Crippen LogP) is 4.47. The van der Waals surface area contributed by atoms with Crippen molar-refractivity contribution < 1.29 is 0 Å². The largest absolute Gasteiger partial charge is 0.316 e. The first-order valence-electron chi connectivity index (χ1n) is 7.69. The van der Waals surface area contributed by atoms with Gasteiger partial charge in [-0.15, -0.1) is 0 Å². The second kappa shape index (κ2) is 7.60. The molecular weight excluding hydrogens is 360 g/mol. The molecule has 1 aliphatic rings. The first-order chi connectivity index (χ1) is 10.7. The Morgan fingerprint density at radius 3 is 2.82 bits per heavy atom. The molecule has 1 heterocycles. The van der Waals surface area contributed by atoms with Gasteiger partial charge in [-0.2, -0.15) is 0 Å². The molecular formula is C18H20BrClN2. The number of benzene rings is 2. The summed E-state index contributed by atoms with van der Waals surface area (Å²) in [5.41, 5.74) is 3.75. The Morgan fingerprint density at radius 2 is 2.05 bits per heavy atom. The van der Waals surface area contributed by atoms with Gasteiger partial charge in [0.1, 0.15) is 0 Å². The zero-order valence-corrected chi connectivity index (χ0v) is 14.8. The fourth-order valence-corrected chi connectivity index (χ4v) is 3.84. The van der Waals surface area contributed by atoms with Crippen molar-refractivity contribution in [1.82, 2.24) is 10.6 Å². The number of nitrogens with one attached hydrogen (secondary N) is 2. The van der Waals surface area contributed by atoms with Gasteiger partial charge in [-0.3, -0.25) is 0 Å². The molecule has 0 saturated carbocycles. The van der Waals surface area contributed by atoms with Crippen LogP contribution in [-0.2, 0) is 6.54 Å². The zero-order chi connectivity index (χ0) is 15.4. The third kappa shape index (κ3) is 3.90. The van der Waals surface area contributed by atoms with E-state index in [1.807, 2.05) is 12.1 Å². The van der Waals surface area contributed by atoms with E-state index in [0.29, 0.717) is 0 Å². The summed E-state index contributed by atoms with van der Waals surface area (Å²) in [5, 5.41) is 7.77. The summed E-state index contributed by atoms with van der Waals surface area (Å²) in [6.45, 7) is 4.25. The zero-order valence-electron chi connectivity index (χ0n) is 12.4. The van der Waals surface area contributed by atoms with Crippen LogP contribution in [0.15, 0.2) is 46.9 Å². The van der Waals surface area contributed by atoms with Crippen LogP contribution in [0.3, 0.4) is 0 Å². The highest BCUT2D eigenvalue weighted by Crippen LogP contribution is 2.32. The fourth-order valence-electron chi connectivity index (χ4n) is 2.94. The summed E-state index contributed by atoms with van der Waals surface area (Å²) in [6.07, 6.45) is 1.28. The molecule has 22 heavy (non-hydrogen) atoms. The predicted molar refractivity (Wildman–Crippen MR) is 97.3 cm³/mol. The van der Waals surface area contributed by atoms with E-state index in [9.17, 15) is 0 Å². The van der Waals surface area contributed by atoms with Gasteiger partial charge < -0.3 is 10.6 Å². The SMILES string of the molecule is Clc1ccc(-c2ccccc2CNCC2CCNC2)c(Br)c1. The van der Waals surface area contributed by atoms with Gasteiger partial charge in [-0.05, 0) is 60.8 Å². The van der Waals surface area contributed by atoms with Crippen LogP contribution < -0.4 is 10.6 Å². The minimum Gasteiger partial charge on any atom is -0.316 e. The second-order valence-electron chi connectivity index (χ2n) is 5.77. The Kier molecular flexibility index (Phi) is 5.53. The normalized spacial score (nSPS) is 17.8. The quantitative estimate of drug-likeness (QED) is 0.801. The van der Waals surface area contributed by atoms with Crippen LogP contribution in [0.25, 0.3) is 11.1 Å². The van der Waals surface area contributed by atoms with Crippen LogP contribution >= 0.6 is 27.5 Å². The summed E-state index contributed by atoms with van der Waals surface area (Å²) >= 11 is 9.68. The molecule has 1 aliphatic heterocycles. The molecule has 2 aromatic rings. The van der Waals surface area contributed by atoms with E-state index >= 15 is 0 Å². The number of hydrogen-bond acceptors (Lipinski definition) is 2. The lowest BCUT2D eigenvalue weighted by atomic mass is 9.99. The molecule has 116 valence electrons. The van der Waals surface area contributed by atoms with Gasteiger partial charge in [0, 0.05) is 16.0 Å². The highest BCUT2D eigenvalue weighted by molar-refractivity contribution is 9.10. The van der Waals surface area contributed by atoms with E-state index in [1.165, 1.54) is 23.1 Å². The van der Waals surface area contributed by atoms with Gasteiger partial charge >= 0.3 is 0 Å². The van der Waals surface area contributed by atoms with E-state index < -0.39 is 0 Å². The molecule has 2 N–H and O–H groups in total. The van der Waals surface area contributed by atoms with Crippen molar-refractivity contribution in [2.45, 2.75) is 13.0 Å². The molecule has 1 atom stereocenters. The molecule has 2 nitrogen and oxygen atoms in total. The van der Waals surface area contributed by atoms with Crippen molar-refractivity contribution in [1.29, 1.82) is 0 Å². The molecule has 0 aliphatic carbocycles. The standard InChI is InChI=1S/C18H20BrClN2/c19-18-9-15(20)5-6-17(18)16-4-2-1-3-14(16)12-22-11-13-7-8-21-10-13/h1-6,9,13,21-22H,7-8,10-12H2. The molecule has 0 bridgehead atoms. The summed E-state index contributed by atoms with van der Waals surface area (Å²) in [4.78, 5) is 0. The van der Waals surface area contributed by atoms with Crippen LogP contribution in [0.2, 0.25) is 5.02 Å². The highest BCUT2D eigenvalue weighted by Gasteiger charge is 2.14. The second-order valence-corrected chi connectivity index (χ2v) is 7.06. The summed E-state index contributed by atoms with van der Waals surface area (Å²) in [7, 11) is 0. The maximum atomic E-state index is 6.05. The third-order valence-electron chi connectivity index (χ3n) is 4.15. The van der Waals surface area contributed by atoms with Gasteiger partial charge in [0.15, 0.2) is 0 Å². The van der Waals surface area contributed by atoms with E-state index in [0.717, 1.165) is 41.6 Å². The molecule has 1 fully saturated rings. The lowest BCUT2D eigenvalue weighted by Gasteiger charge is -2.14. The van der Waals surface area contributed by atoms with Gasteiger partial charge in [0.25, 0.3) is 0 Å². The van der Waals surface area contributed by atoms with Gasteiger partial charge in [-0.1, -0.05) is 57.9 Å². The van der Waals surface area contributed by atoms with E-state index in [1.54, 1.807) is 0 Å². The van der Waals surface area contributed by atoms with Crippen molar-refractivity contribution in [3.05, 3.63) is 57.5 Å². The van der Waals surface area contributed by atoms with Crippen LogP contribution in [0.4, 0.5) is 0 Å². The number of halogens is 2. The Balaban J connectivity index is 1.74. The van der Waals surface area contributed by atoms with E-state index in [-0.39, 0.29) is 0 Å². The summed E-state index contributed by atoms with van der Waals surface area (Å²) in [5.74, 6) is 0.759. The first-order valence-corrected chi connectivity index (χ1v) is 8.86. The van der Waals surface area contributed by atoms with Crippen molar-refractivity contribution in [3.63, 3.8) is 0 Å². The average Bonchev–Trinajstić information content (AvgIpc) is 3.01. The van der Waals surface area contributed by atoms with Crippen molar-refractivity contribution in [2.75, 3.05) is 19.6 Å². The van der Waals surface area contributed by atoms with Crippen LogP contribution in [0.5, 0.6) is 0 Å². The summed E-state index contributed by atoms with van der Waals surface area (Å²) in [6, 6.07) is 14.5. The third-order valence-corrected chi connectivity index (χ3v) is 5.04. The molecule has 3 rings (SSSR count). The summed E-state index contributed by atoms with van der Waals surface area (Å²) < 4.78 is 1.03. The Bertz CT molecular complexity index is 639. The lowest BCUT2D eigenvalue weighted by Crippen LogP contribution is -2.24. The smallest absolute Gasteiger partial charge is 0.0417 e. The molecule has 2 aromatic carbocycles. The maximum absolute atomic E-state index is 6.05. The van der Waals surface area contributed by atoms with E-state index in [2.05, 4.69) is 56.9 Å². The molecule has 0 aromatic heterocycles. The molecule has 0 amide bonds. The van der Waals surface area contributed by atoms with Crippen molar-refractivity contribution >= 4 is 27.5 Å². The number of hydrogen-bond donors (Lipinski definition) is 2. The average molecular weight is 380 g/mol. The molecule has 0 spiro atoms. The van der Waals surface area contributed by atoms with Crippen LogP contribution in [-0.4, -0.2) is 19.6 Å². The van der Waals surface area contributed by atoms with E-state index in [4.69, 9.17) is 11.6 Å². The van der Waals surface area contributed by atoms with Gasteiger partial charge in [0.05, 0.1) is 0 Å². The topological polar surface area (TPSA) is 24.1 Å². The minimum atomic E-state index is 0.750. The van der Waals surface area contributed by atoms with Crippen molar-refractivity contribution in [3.8, 4) is 11.1 Å². The van der Waals surface area contributed by atoms with Crippen LogP contribution in [0.1, 0.15) is 12.0 Å². The maximum Gasteiger partial charge on any atom is 0.0417 e. The Labute approximate surface area is 145 Å². The fraction of sp³-hybridized carbons (Fsp3) is 0.333. The van der Waals surface area contributed by atoms with Crippen molar-refractivity contribution in [2.24, 2.45) is 5.92 Å². The molecule has 4 heteroatoms. The number of rotatable bonds is 5. The Morgan fingerprint density at radius 1 is 1.18 bits per heavy atom. The van der Waals surface area contributed by atoms with Gasteiger partial charge in [-0.25, -0.2) is 0 Å². The molecule has 1 unspecified atom stereocenters. The minimum absolute atomic E-state index is 0.750. The molecule has 0 radical (unpaired) electrons. The lowest BCUT2D eigenvalue weighted by molar-refractivity contribution is 0.513. The first kappa shape index (κ1) is 16.0. The van der Waals surface area contributed by atoms with Crippen LogP contribution in [0, 0.1) is 5.92 Å². The molecule has 1 saturated heterocycles.